The lowest BCUT2D eigenvalue weighted by molar-refractivity contribution is -0.246. The summed E-state index contributed by atoms with van der Waals surface area (Å²) in [4.78, 5) is 0. The molecule has 0 saturated carbocycles. The van der Waals surface area contributed by atoms with Gasteiger partial charge in [0, 0.05) is 40.3 Å². The molecule has 6 nitrogen and oxygen atoms in total. The van der Waals surface area contributed by atoms with E-state index in [9.17, 15) is 10.4 Å². The van der Waals surface area contributed by atoms with Crippen molar-refractivity contribution < 1.29 is 10.4 Å². The number of nitrogens with one attached hydrogen (secondary N) is 2. The van der Waals surface area contributed by atoms with Gasteiger partial charge in [-0.1, -0.05) is 20.8 Å². The van der Waals surface area contributed by atoms with Crippen molar-refractivity contribution in [1.29, 1.82) is 0 Å². The molecule has 1 atom stereocenters. The van der Waals surface area contributed by atoms with Crippen molar-refractivity contribution in [3.8, 4) is 0 Å². The Hall–Kier alpha value is -0.240. The molecule has 0 aromatic rings. The first kappa shape index (κ1) is 31.8. The van der Waals surface area contributed by atoms with E-state index in [1.54, 1.807) is 10.1 Å². The highest BCUT2D eigenvalue weighted by Crippen LogP contribution is 2.38. The van der Waals surface area contributed by atoms with Crippen LogP contribution in [0.5, 0.6) is 0 Å². The van der Waals surface area contributed by atoms with Crippen molar-refractivity contribution >= 4 is 0 Å². The van der Waals surface area contributed by atoms with Gasteiger partial charge in [0.25, 0.3) is 0 Å². The zero-order chi connectivity index (χ0) is 26.8. The number of hydrogen-bond acceptors (Lipinski definition) is 6. The minimum Gasteiger partial charge on any atom is -0.313 e. The van der Waals surface area contributed by atoms with Gasteiger partial charge >= 0.3 is 0 Å². The van der Waals surface area contributed by atoms with E-state index in [4.69, 9.17) is 0 Å². The van der Waals surface area contributed by atoms with Crippen molar-refractivity contribution in [3.05, 3.63) is 0 Å². The predicted octanol–water partition coefficient (Wildman–Crippen LogP) is 6.21. The number of rotatable bonds is 13. The SMILES string of the molecule is CCC(C)(CNC1CC(C)(C)N(O)C(C)(C)C1)CC(C)(C)NCCC(C)(C)N(O)C(C)(C)CC. The van der Waals surface area contributed by atoms with Crippen molar-refractivity contribution in [2.75, 3.05) is 13.1 Å². The summed E-state index contributed by atoms with van der Waals surface area (Å²) in [7, 11) is 0. The second-order valence-electron chi connectivity index (χ2n) is 14.6. The number of hydroxylamine groups is 4. The van der Waals surface area contributed by atoms with Crippen LogP contribution in [0.1, 0.15) is 129 Å². The minimum absolute atomic E-state index is 0.00388. The zero-order valence-corrected chi connectivity index (χ0v) is 25.0. The first-order valence-corrected chi connectivity index (χ1v) is 13.6. The number of hydrogen-bond donors (Lipinski definition) is 4. The van der Waals surface area contributed by atoms with Gasteiger partial charge in [-0.2, -0.15) is 10.1 Å². The molecule has 1 heterocycles. The lowest BCUT2D eigenvalue weighted by Gasteiger charge is -2.52. The maximum atomic E-state index is 10.8. The molecule has 0 amide bonds. The van der Waals surface area contributed by atoms with Crippen molar-refractivity contribution in [2.45, 2.75) is 162 Å². The Bertz CT molecular complexity index is 626. The fourth-order valence-electron chi connectivity index (χ4n) is 6.03. The van der Waals surface area contributed by atoms with Gasteiger partial charge in [-0.05, 0) is 120 Å². The zero-order valence-electron chi connectivity index (χ0n) is 25.0. The lowest BCUT2D eigenvalue weighted by Crippen LogP contribution is -2.63. The molecule has 0 radical (unpaired) electrons. The van der Waals surface area contributed by atoms with E-state index in [0.29, 0.717) is 6.04 Å². The van der Waals surface area contributed by atoms with Crippen LogP contribution in [0.4, 0.5) is 0 Å². The third-order valence-electron chi connectivity index (χ3n) is 8.53. The maximum Gasteiger partial charge on any atom is 0.0425 e. The van der Waals surface area contributed by atoms with E-state index in [-0.39, 0.29) is 33.1 Å². The Labute approximate surface area is 212 Å². The molecule has 1 fully saturated rings. The van der Waals surface area contributed by atoms with Crippen LogP contribution < -0.4 is 10.6 Å². The fourth-order valence-corrected chi connectivity index (χ4v) is 6.03. The molecular formula is C28H60N4O2. The van der Waals surface area contributed by atoms with Crippen molar-refractivity contribution in [1.82, 2.24) is 20.8 Å². The molecule has 1 aliphatic rings. The van der Waals surface area contributed by atoms with Crippen LogP contribution in [0.2, 0.25) is 0 Å². The van der Waals surface area contributed by atoms with Crippen LogP contribution in [-0.2, 0) is 0 Å². The summed E-state index contributed by atoms with van der Waals surface area (Å²) in [5.41, 5.74) is -0.828. The predicted molar refractivity (Wildman–Crippen MR) is 145 cm³/mol. The summed E-state index contributed by atoms with van der Waals surface area (Å²) < 4.78 is 0. The van der Waals surface area contributed by atoms with Gasteiger partial charge in [0.05, 0.1) is 0 Å². The molecule has 0 aromatic carbocycles. The van der Waals surface area contributed by atoms with Crippen molar-refractivity contribution in [3.63, 3.8) is 0 Å². The number of piperidine rings is 1. The summed E-state index contributed by atoms with van der Waals surface area (Å²) >= 11 is 0. The quantitative estimate of drug-likeness (QED) is 0.233. The van der Waals surface area contributed by atoms with E-state index in [2.05, 4.69) is 101 Å². The molecule has 1 aliphatic heterocycles. The molecule has 0 spiro atoms. The first-order valence-electron chi connectivity index (χ1n) is 13.6. The van der Waals surface area contributed by atoms with Gasteiger partial charge in [-0.15, -0.1) is 0 Å². The largest absolute Gasteiger partial charge is 0.313 e. The molecule has 204 valence electrons. The first-order chi connectivity index (χ1) is 15.1. The van der Waals surface area contributed by atoms with E-state index < -0.39 is 0 Å². The Morgan fingerprint density at radius 1 is 0.882 bits per heavy atom. The normalized spacial score (nSPS) is 22.2. The molecular weight excluding hydrogens is 424 g/mol. The summed E-state index contributed by atoms with van der Waals surface area (Å²) in [5.74, 6) is 0. The summed E-state index contributed by atoms with van der Waals surface area (Å²) in [6.45, 7) is 30.2. The van der Waals surface area contributed by atoms with Crippen LogP contribution >= 0.6 is 0 Å². The summed E-state index contributed by atoms with van der Waals surface area (Å²) in [5, 5.41) is 32.2. The van der Waals surface area contributed by atoms with Gasteiger partial charge < -0.3 is 21.0 Å². The third-order valence-corrected chi connectivity index (χ3v) is 8.53. The fraction of sp³-hybridized carbons (Fsp3) is 1.00. The minimum atomic E-state index is -0.292. The standard InChI is InChI=1S/C28H60N4O2/c1-14-24(5,6)31(33)25(7,8)16-17-30-23(3,4)20-28(13,15-2)21-29-22-18-26(9,10)32(34)27(11,12)19-22/h22,29-30,33-34H,14-21H2,1-13H3. The average Bonchev–Trinajstić information content (AvgIpc) is 2.68. The van der Waals surface area contributed by atoms with Crippen LogP contribution in [-0.4, -0.2) is 67.4 Å². The molecule has 0 bridgehead atoms. The van der Waals surface area contributed by atoms with E-state index >= 15 is 0 Å². The monoisotopic (exact) mass is 484 g/mol. The molecule has 0 aromatic heterocycles. The lowest BCUT2D eigenvalue weighted by atomic mass is 9.75. The molecule has 1 saturated heterocycles. The Morgan fingerprint density at radius 2 is 1.38 bits per heavy atom. The third kappa shape index (κ3) is 8.41. The van der Waals surface area contributed by atoms with Gasteiger partial charge in [-0.25, -0.2) is 0 Å². The van der Waals surface area contributed by atoms with E-state index in [1.165, 1.54) is 0 Å². The van der Waals surface area contributed by atoms with Crippen molar-refractivity contribution in [2.24, 2.45) is 5.41 Å². The van der Waals surface area contributed by atoms with Crippen LogP contribution in [0.25, 0.3) is 0 Å². The highest BCUT2D eigenvalue weighted by atomic mass is 16.5. The van der Waals surface area contributed by atoms with Gasteiger partial charge in [-0.3, -0.25) is 0 Å². The van der Waals surface area contributed by atoms with Crippen LogP contribution in [0, 0.1) is 5.41 Å². The average molecular weight is 485 g/mol. The summed E-state index contributed by atoms with van der Waals surface area (Å²) in [6.07, 6.45) is 5.83. The van der Waals surface area contributed by atoms with E-state index in [1.807, 2.05) is 0 Å². The smallest absolute Gasteiger partial charge is 0.0425 e. The highest BCUT2D eigenvalue weighted by molar-refractivity contribution is 4.99. The summed E-state index contributed by atoms with van der Waals surface area (Å²) in [6, 6.07) is 0.397. The molecule has 1 rings (SSSR count). The van der Waals surface area contributed by atoms with Gasteiger partial charge in [0.15, 0.2) is 0 Å². The topological polar surface area (TPSA) is 71.0 Å². The Balaban J connectivity index is 2.70. The maximum absolute atomic E-state index is 10.8. The van der Waals surface area contributed by atoms with Crippen LogP contribution in [0.15, 0.2) is 0 Å². The molecule has 4 N–H and O–H groups in total. The van der Waals surface area contributed by atoms with Crippen LogP contribution in [0.3, 0.4) is 0 Å². The number of nitrogens with zero attached hydrogens (tertiary/aromatic N) is 2. The molecule has 1 unspecified atom stereocenters. The molecule has 6 heteroatoms. The highest BCUT2D eigenvalue weighted by Gasteiger charge is 2.45. The molecule has 0 aliphatic carbocycles. The van der Waals surface area contributed by atoms with Gasteiger partial charge in [0.2, 0.25) is 0 Å². The van der Waals surface area contributed by atoms with Gasteiger partial charge in [0.1, 0.15) is 0 Å². The Morgan fingerprint density at radius 3 is 1.82 bits per heavy atom. The molecule has 34 heavy (non-hydrogen) atoms. The Kier molecular flexibility index (Phi) is 10.3. The second-order valence-corrected chi connectivity index (χ2v) is 14.6. The van der Waals surface area contributed by atoms with E-state index in [0.717, 1.165) is 51.6 Å². The second kappa shape index (κ2) is 11.0.